The number of nitrogens with two attached hydrogens (primary N) is 1. The van der Waals surface area contributed by atoms with Gasteiger partial charge in [0, 0.05) is 37.6 Å². The van der Waals surface area contributed by atoms with Crippen molar-refractivity contribution in [3.05, 3.63) is 12.7 Å². The number of aromatic nitrogens is 4. The lowest BCUT2D eigenvalue weighted by molar-refractivity contribution is -0.137. The molecule has 0 saturated carbocycles. The number of aliphatic hydroxyl groups is 2. The number of fused-ring (bicyclic) bond motifs is 1. The molecule has 2 aromatic heterocycles. The molecular formula is C23H38N7O17P3S. The Labute approximate surface area is 293 Å². The summed E-state index contributed by atoms with van der Waals surface area (Å²) in [6.45, 7) is 1.90. The largest absolute Gasteiger partial charge is 0.481 e. The number of hydrogen-bond acceptors (Lipinski definition) is 18. The molecule has 1 fully saturated rings. The van der Waals surface area contributed by atoms with Crippen LogP contribution in [0, 0.1) is 5.41 Å². The molecule has 0 bridgehead atoms. The molecule has 0 aromatic carbocycles. The van der Waals surface area contributed by atoms with Crippen LogP contribution >= 0.6 is 35.2 Å². The first-order valence-electron chi connectivity index (χ1n) is 14.5. The predicted molar refractivity (Wildman–Crippen MR) is 173 cm³/mol. The second-order valence-corrected chi connectivity index (χ2v) is 16.9. The molecule has 0 spiro atoms. The first kappa shape index (κ1) is 43.0. The highest BCUT2D eigenvalue weighted by Crippen LogP contribution is 2.61. The van der Waals surface area contributed by atoms with Gasteiger partial charge in [-0.3, -0.25) is 32.5 Å². The van der Waals surface area contributed by atoms with E-state index in [1.54, 1.807) is 0 Å². The van der Waals surface area contributed by atoms with Crippen molar-refractivity contribution >= 4 is 69.1 Å². The minimum absolute atomic E-state index is 0.0310. The minimum Gasteiger partial charge on any atom is -0.386 e. The van der Waals surface area contributed by atoms with Crippen molar-refractivity contribution in [3.63, 3.8) is 0 Å². The van der Waals surface area contributed by atoms with Crippen LogP contribution in [-0.2, 0) is 50.7 Å². The van der Waals surface area contributed by atoms with Gasteiger partial charge in [0.1, 0.15) is 36.3 Å². The normalized spacial score (nSPS) is 22.6. The number of nitrogens with zero attached hydrogens (tertiary/aromatic N) is 4. The Hall–Kier alpha value is -2.44. The van der Waals surface area contributed by atoms with Crippen LogP contribution in [0.1, 0.15) is 33.4 Å². The van der Waals surface area contributed by atoms with Gasteiger partial charge < -0.3 is 50.9 Å². The van der Waals surface area contributed by atoms with Crippen LogP contribution in [0.5, 0.6) is 0 Å². The van der Waals surface area contributed by atoms with Crippen molar-refractivity contribution in [3.8, 4) is 0 Å². The predicted octanol–water partition coefficient (Wildman–Crippen LogP) is -1.32. The molecule has 1 aliphatic heterocycles. The van der Waals surface area contributed by atoms with E-state index in [-0.39, 0.29) is 41.6 Å². The molecule has 10 N–H and O–H groups in total. The number of phosphoric acid groups is 3. The fraction of sp³-hybridized carbons (Fsp3) is 0.652. The Balaban J connectivity index is 1.55. The minimum atomic E-state index is -5.56. The second kappa shape index (κ2) is 17.6. The number of rotatable bonds is 19. The highest BCUT2D eigenvalue weighted by Gasteiger charge is 2.50. The number of imidazole rings is 1. The molecule has 7 atom stereocenters. The zero-order chi connectivity index (χ0) is 38.4. The zero-order valence-electron chi connectivity index (χ0n) is 27.1. The van der Waals surface area contributed by atoms with E-state index in [1.165, 1.54) is 20.8 Å². The van der Waals surface area contributed by atoms with E-state index in [0.29, 0.717) is 5.75 Å². The maximum Gasteiger partial charge on any atom is 0.481 e. The first-order valence-corrected chi connectivity index (χ1v) is 20.0. The summed E-state index contributed by atoms with van der Waals surface area (Å²) in [6.07, 6.45) is -6.88. The Kier molecular flexibility index (Phi) is 14.8. The maximum atomic E-state index is 12.6. The number of aliphatic hydroxyl groups excluding tert-OH is 2. The van der Waals surface area contributed by atoms with E-state index in [9.17, 15) is 57.9 Å². The van der Waals surface area contributed by atoms with Crippen LogP contribution in [0.3, 0.4) is 0 Å². The number of anilines is 1. The standard InChI is InChI=1S/C23H38N7O17P3S/c1-12(31)51-7-6-25-14(32)4-5-26-21(35)18(34)23(2,3)9-44-50(41,42)47-49(39,40)43-8-13-17(46-48(36,37)38)16(33)22(45-13)30-11-29-15-19(24)27-10-28-20(15)30/h10-11,13,16-18,22,33-34H,4-9H2,1-3H3,(H,25,32)(H,26,35)(H,39,40)(H,41,42)(H2,24,27,28)(H2,36,37,38)/t13-,16-,17+,18?,22-/m1/s1. The van der Waals surface area contributed by atoms with E-state index in [2.05, 4.69) is 34.4 Å². The number of nitrogen functional groups attached to an aromatic ring is 1. The van der Waals surface area contributed by atoms with Gasteiger partial charge in [0.05, 0.1) is 19.5 Å². The highest BCUT2D eigenvalue weighted by atomic mass is 32.2. The number of nitrogens with one attached hydrogen (secondary N) is 2. The third-order valence-electron chi connectivity index (χ3n) is 6.81. The van der Waals surface area contributed by atoms with Crippen LogP contribution in [0.2, 0.25) is 0 Å². The fourth-order valence-corrected chi connectivity index (χ4v) is 7.65. The van der Waals surface area contributed by atoms with Crippen molar-refractivity contribution in [2.45, 2.75) is 57.8 Å². The molecule has 2 aromatic rings. The second-order valence-electron chi connectivity index (χ2n) is 11.4. The number of amides is 2. The summed E-state index contributed by atoms with van der Waals surface area (Å²) in [6, 6.07) is 0. The third kappa shape index (κ3) is 12.9. The van der Waals surface area contributed by atoms with E-state index < -0.39 is 84.6 Å². The summed E-state index contributed by atoms with van der Waals surface area (Å²) in [4.78, 5) is 85.9. The van der Waals surface area contributed by atoms with Crippen LogP contribution in [0.15, 0.2) is 12.7 Å². The summed E-state index contributed by atoms with van der Waals surface area (Å²) >= 11 is 1.03. The molecule has 3 unspecified atom stereocenters. The molecule has 2 amide bonds. The smallest absolute Gasteiger partial charge is 0.386 e. The Morgan fingerprint density at radius 1 is 1.08 bits per heavy atom. The van der Waals surface area contributed by atoms with Gasteiger partial charge in [0.2, 0.25) is 11.8 Å². The zero-order valence-corrected chi connectivity index (χ0v) is 30.6. The molecule has 1 aliphatic rings. The third-order valence-corrected chi connectivity index (χ3v) is 10.7. The topological polar surface area (TPSA) is 364 Å². The van der Waals surface area contributed by atoms with Gasteiger partial charge in [0.15, 0.2) is 22.8 Å². The summed E-state index contributed by atoms with van der Waals surface area (Å²) in [5.41, 5.74) is 4.26. The summed E-state index contributed by atoms with van der Waals surface area (Å²) in [5.74, 6) is -1.08. The van der Waals surface area contributed by atoms with E-state index in [4.69, 9.17) is 19.5 Å². The van der Waals surface area contributed by atoms with Gasteiger partial charge in [-0.25, -0.2) is 28.6 Å². The number of phosphoric ester groups is 3. The molecule has 51 heavy (non-hydrogen) atoms. The molecule has 1 saturated heterocycles. The molecule has 3 rings (SSSR count). The van der Waals surface area contributed by atoms with Crippen molar-refractivity contribution in [2.75, 3.05) is 37.8 Å². The van der Waals surface area contributed by atoms with E-state index in [1.807, 2.05) is 0 Å². The Morgan fingerprint density at radius 2 is 1.75 bits per heavy atom. The molecule has 28 heteroatoms. The average Bonchev–Trinajstić information content (AvgIpc) is 3.57. The number of carbonyl (C=O) groups is 3. The van der Waals surface area contributed by atoms with Crippen molar-refractivity contribution in [1.29, 1.82) is 0 Å². The quantitative estimate of drug-likeness (QED) is 0.0587. The number of carbonyl (C=O) groups excluding carboxylic acids is 3. The van der Waals surface area contributed by atoms with Crippen LogP contribution in [0.4, 0.5) is 5.82 Å². The Morgan fingerprint density at radius 3 is 2.39 bits per heavy atom. The fourth-order valence-electron chi connectivity index (χ4n) is 4.32. The number of ether oxygens (including phenoxy) is 1. The summed E-state index contributed by atoms with van der Waals surface area (Å²) in [5, 5.41) is 26.1. The van der Waals surface area contributed by atoms with E-state index in [0.717, 1.165) is 29.0 Å². The highest BCUT2D eigenvalue weighted by molar-refractivity contribution is 8.13. The van der Waals surface area contributed by atoms with Crippen molar-refractivity contribution < 1.29 is 80.5 Å². The Bertz CT molecular complexity index is 1710. The lowest BCUT2D eigenvalue weighted by Crippen LogP contribution is -2.46. The van der Waals surface area contributed by atoms with Crippen molar-refractivity contribution in [2.24, 2.45) is 5.41 Å². The lowest BCUT2D eigenvalue weighted by atomic mass is 9.87. The SMILES string of the molecule is CC(=O)SCCNC(=O)CCNC(=O)C(O)C(C)(C)COP(=O)(O)OP(=O)(O)OC[C@H]1O[C@@H](n2cnc3c(N)ncnc32)[C@H](O)[C@H]1OP(=O)(O)O. The molecule has 0 radical (unpaired) electrons. The molecule has 3 heterocycles. The summed E-state index contributed by atoms with van der Waals surface area (Å²) in [7, 11) is -16.4. The van der Waals surface area contributed by atoms with Crippen LogP contribution in [-0.4, -0.2) is 123 Å². The van der Waals surface area contributed by atoms with Gasteiger partial charge in [0.25, 0.3) is 0 Å². The average molecular weight is 810 g/mol. The van der Waals surface area contributed by atoms with Gasteiger partial charge in [-0.1, -0.05) is 25.6 Å². The number of thioether (sulfide) groups is 1. The molecule has 0 aliphatic carbocycles. The van der Waals surface area contributed by atoms with E-state index >= 15 is 0 Å². The monoisotopic (exact) mass is 809 g/mol. The summed E-state index contributed by atoms with van der Waals surface area (Å²) < 4.78 is 61.8. The van der Waals surface area contributed by atoms with Gasteiger partial charge in [-0.05, 0) is 0 Å². The van der Waals surface area contributed by atoms with Crippen LogP contribution < -0.4 is 16.4 Å². The lowest BCUT2D eigenvalue weighted by Gasteiger charge is -2.30. The molecular weight excluding hydrogens is 771 g/mol. The maximum absolute atomic E-state index is 12.6. The first-order chi connectivity index (χ1) is 23.5. The van der Waals surface area contributed by atoms with Gasteiger partial charge >= 0.3 is 23.5 Å². The van der Waals surface area contributed by atoms with Gasteiger partial charge in [-0.15, -0.1) is 0 Å². The van der Waals surface area contributed by atoms with Crippen LogP contribution in [0.25, 0.3) is 11.2 Å². The van der Waals surface area contributed by atoms with Gasteiger partial charge in [-0.2, -0.15) is 4.31 Å². The molecule has 24 nitrogen and oxygen atoms in total. The number of hydrogen-bond donors (Lipinski definition) is 9. The molecule has 288 valence electrons. The van der Waals surface area contributed by atoms with Crippen molar-refractivity contribution in [1.82, 2.24) is 30.2 Å².